The Morgan fingerprint density at radius 1 is 1.44 bits per heavy atom. The number of aliphatic hydroxyl groups is 1. The molecule has 0 amide bonds. The van der Waals surface area contributed by atoms with E-state index in [1.165, 1.54) is 12.8 Å². The molecular weight excluding hydrogens is 202 g/mol. The highest BCUT2D eigenvalue weighted by molar-refractivity contribution is 5.87. The Hall–Kier alpha value is -1.55. The topological polar surface area (TPSA) is 64.1 Å². The van der Waals surface area contributed by atoms with E-state index in [1.54, 1.807) is 0 Å². The summed E-state index contributed by atoms with van der Waals surface area (Å²) in [6.07, 6.45) is 2.41. The number of aliphatic hydroxyl groups excluding tert-OH is 1. The van der Waals surface area contributed by atoms with Crippen molar-refractivity contribution in [3.8, 4) is 0 Å². The van der Waals surface area contributed by atoms with Crippen molar-refractivity contribution < 1.29 is 5.11 Å². The molecular formula is C12H15N3O. The SMILES string of the molecule is Nc1cccc2c1nc(C1CC1)n2CCO. The van der Waals surface area contributed by atoms with Gasteiger partial charge in [0.15, 0.2) is 0 Å². The third-order valence-electron chi connectivity index (χ3n) is 3.11. The van der Waals surface area contributed by atoms with E-state index in [0.717, 1.165) is 22.5 Å². The van der Waals surface area contributed by atoms with Gasteiger partial charge < -0.3 is 15.4 Å². The molecule has 0 aliphatic heterocycles. The van der Waals surface area contributed by atoms with E-state index in [9.17, 15) is 0 Å². The molecule has 0 saturated heterocycles. The fraction of sp³-hybridized carbons (Fsp3) is 0.417. The van der Waals surface area contributed by atoms with Crippen LogP contribution in [0.4, 0.5) is 5.69 Å². The van der Waals surface area contributed by atoms with Crippen LogP contribution < -0.4 is 5.73 Å². The summed E-state index contributed by atoms with van der Waals surface area (Å²) in [5.41, 5.74) is 8.55. The molecule has 0 unspecified atom stereocenters. The maximum absolute atomic E-state index is 9.11. The van der Waals surface area contributed by atoms with Crippen molar-refractivity contribution in [2.75, 3.05) is 12.3 Å². The molecule has 0 bridgehead atoms. The van der Waals surface area contributed by atoms with Gasteiger partial charge in [0.1, 0.15) is 11.3 Å². The number of nitrogens with two attached hydrogens (primary N) is 1. The second kappa shape index (κ2) is 3.49. The quantitative estimate of drug-likeness (QED) is 0.765. The van der Waals surface area contributed by atoms with Gasteiger partial charge in [0.2, 0.25) is 0 Å². The standard InChI is InChI=1S/C12H15N3O/c13-9-2-1-3-10-11(9)14-12(8-4-5-8)15(10)6-7-16/h1-3,8,16H,4-7,13H2. The van der Waals surface area contributed by atoms with Crippen LogP contribution in [0.25, 0.3) is 11.0 Å². The van der Waals surface area contributed by atoms with Crippen molar-refractivity contribution in [3.63, 3.8) is 0 Å². The summed E-state index contributed by atoms with van der Waals surface area (Å²) < 4.78 is 2.10. The zero-order chi connectivity index (χ0) is 11.1. The van der Waals surface area contributed by atoms with Gasteiger partial charge in [0.05, 0.1) is 17.8 Å². The number of hydrogen-bond acceptors (Lipinski definition) is 3. The van der Waals surface area contributed by atoms with Crippen molar-refractivity contribution in [1.29, 1.82) is 0 Å². The summed E-state index contributed by atoms with van der Waals surface area (Å²) in [6.45, 7) is 0.742. The predicted octanol–water partition coefficient (Wildman–Crippen LogP) is 1.49. The van der Waals surface area contributed by atoms with E-state index in [1.807, 2.05) is 18.2 Å². The third-order valence-corrected chi connectivity index (χ3v) is 3.11. The Kier molecular flexibility index (Phi) is 2.11. The fourth-order valence-corrected chi connectivity index (χ4v) is 2.17. The van der Waals surface area contributed by atoms with Gasteiger partial charge >= 0.3 is 0 Å². The summed E-state index contributed by atoms with van der Waals surface area (Å²) >= 11 is 0. The molecule has 16 heavy (non-hydrogen) atoms. The van der Waals surface area contributed by atoms with E-state index in [-0.39, 0.29) is 6.61 Å². The van der Waals surface area contributed by atoms with Gasteiger partial charge in [-0.2, -0.15) is 0 Å². The predicted molar refractivity (Wildman–Crippen MR) is 63.2 cm³/mol. The van der Waals surface area contributed by atoms with E-state index in [0.29, 0.717) is 12.5 Å². The lowest BCUT2D eigenvalue weighted by Crippen LogP contribution is -2.05. The molecule has 0 atom stereocenters. The van der Waals surface area contributed by atoms with Gasteiger partial charge in [-0.3, -0.25) is 0 Å². The molecule has 1 aliphatic carbocycles. The highest BCUT2D eigenvalue weighted by atomic mass is 16.3. The Labute approximate surface area is 93.7 Å². The number of nitrogen functional groups attached to an aromatic ring is 1. The smallest absolute Gasteiger partial charge is 0.113 e. The monoisotopic (exact) mass is 217 g/mol. The largest absolute Gasteiger partial charge is 0.397 e. The first-order chi connectivity index (χ1) is 7.81. The molecule has 2 aromatic rings. The Bertz CT molecular complexity index is 528. The number of fused-ring (bicyclic) bond motifs is 1. The van der Waals surface area contributed by atoms with Crippen LogP contribution in [0.2, 0.25) is 0 Å². The van der Waals surface area contributed by atoms with Crippen LogP contribution in [-0.4, -0.2) is 21.3 Å². The van der Waals surface area contributed by atoms with Gasteiger partial charge in [-0.15, -0.1) is 0 Å². The number of anilines is 1. The first-order valence-electron chi connectivity index (χ1n) is 5.66. The molecule has 1 aromatic heterocycles. The lowest BCUT2D eigenvalue weighted by Gasteiger charge is -2.05. The summed E-state index contributed by atoms with van der Waals surface area (Å²) in [5, 5.41) is 9.11. The zero-order valence-electron chi connectivity index (χ0n) is 9.06. The normalized spacial score (nSPS) is 15.8. The number of imidazole rings is 1. The minimum Gasteiger partial charge on any atom is -0.397 e. The minimum absolute atomic E-state index is 0.139. The second-order valence-electron chi connectivity index (χ2n) is 4.33. The van der Waals surface area contributed by atoms with Gasteiger partial charge in [-0.05, 0) is 25.0 Å². The fourth-order valence-electron chi connectivity index (χ4n) is 2.17. The van der Waals surface area contributed by atoms with Crippen molar-refractivity contribution in [2.24, 2.45) is 0 Å². The molecule has 1 fully saturated rings. The van der Waals surface area contributed by atoms with Crippen LogP contribution in [0.5, 0.6) is 0 Å². The van der Waals surface area contributed by atoms with Gasteiger partial charge in [-0.25, -0.2) is 4.98 Å². The second-order valence-corrected chi connectivity index (χ2v) is 4.33. The van der Waals surface area contributed by atoms with Crippen LogP contribution in [0, 0.1) is 0 Å². The van der Waals surface area contributed by atoms with E-state index in [4.69, 9.17) is 10.8 Å². The third kappa shape index (κ3) is 1.38. The van der Waals surface area contributed by atoms with Crippen LogP contribution in [0.15, 0.2) is 18.2 Å². The van der Waals surface area contributed by atoms with Gasteiger partial charge in [-0.1, -0.05) is 6.07 Å². The molecule has 4 nitrogen and oxygen atoms in total. The Morgan fingerprint density at radius 3 is 2.94 bits per heavy atom. The number of para-hydroxylation sites is 1. The van der Waals surface area contributed by atoms with Crippen LogP contribution in [0.1, 0.15) is 24.6 Å². The number of aromatic nitrogens is 2. The van der Waals surface area contributed by atoms with Crippen LogP contribution in [-0.2, 0) is 6.54 Å². The summed E-state index contributed by atoms with van der Waals surface area (Å²) in [6, 6.07) is 5.82. The summed E-state index contributed by atoms with van der Waals surface area (Å²) in [5.74, 6) is 1.65. The maximum atomic E-state index is 9.11. The highest BCUT2D eigenvalue weighted by Gasteiger charge is 2.29. The molecule has 1 aliphatic rings. The lowest BCUT2D eigenvalue weighted by atomic mass is 10.3. The van der Waals surface area contributed by atoms with Gasteiger partial charge in [0, 0.05) is 12.5 Å². The molecule has 1 saturated carbocycles. The Morgan fingerprint density at radius 2 is 2.25 bits per heavy atom. The Balaban J connectivity index is 2.23. The van der Waals surface area contributed by atoms with E-state index in [2.05, 4.69) is 9.55 Å². The number of hydrogen-bond donors (Lipinski definition) is 2. The average molecular weight is 217 g/mol. The zero-order valence-corrected chi connectivity index (χ0v) is 9.06. The lowest BCUT2D eigenvalue weighted by molar-refractivity contribution is 0.276. The molecule has 1 heterocycles. The molecule has 3 rings (SSSR count). The first-order valence-corrected chi connectivity index (χ1v) is 5.66. The van der Waals surface area contributed by atoms with Crippen molar-refractivity contribution >= 4 is 16.7 Å². The molecule has 4 heteroatoms. The number of nitrogens with zero attached hydrogens (tertiary/aromatic N) is 2. The van der Waals surface area contributed by atoms with Gasteiger partial charge in [0.25, 0.3) is 0 Å². The van der Waals surface area contributed by atoms with Crippen molar-refractivity contribution in [1.82, 2.24) is 9.55 Å². The molecule has 1 aromatic carbocycles. The number of benzene rings is 1. The van der Waals surface area contributed by atoms with Crippen molar-refractivity contribution in [3.05, 3.63) is 24.0 Å². The first kappa shape index (κ1) is 9.66. The molecule has 0 radical (unpaired) electrons. The van der Waals surface area contributed by atoms with Crippen LogP contribution >= 0.6 is 0 Å². The highest BCUT2D eigenvalue weighted by Crippen LogP contribution is 2.41. The van der Waals surface area contributed by atoms with E-state index < -0.39 is 0 Å². The molecule has 0 spiro atoms. The molecule has 3 N–H and O–H groups in total. The minimum atomic E-state index is 0.139. The summed E-state index contributed by atoms with van der Waals surface area (Å²) in [7, 11) is 0. The summed E-state index contributed by atoms with van der Waals surface area (Å²) in [4.78, 5) is 4.62. The van der Waals surface area contributed by atoms with Crippen LogP contribution in [0.3, 0.4) is 0 Å². The maximum Gasteiger partial charge on any atom is 0.113 e. The molecule has 84 valence electrons. The average Bonchev–Trinajstić information content (AvgIpc) is 3.05. The number of rotatable bonds is 3. The van der Waals surface area contributed by atoms with Crippen molar-refractivity contribution in [2.45, 2.75) is 25.3 Å². The van der Waals surface area contributed by atoms with E-state index >= 15 is 0 Å².